The zero-order valence-corrected chi connectivity index (χ0v) is 6.43. The Kier molecular flexibility index (Phi) is 2.27. The van der Waals surface area contributed by atoms with E-state index in [9.17, 15) is 18.0 Å². The Morgan fingerprint density at radius 2 is 1.62 bits per heavy atom. The summed E-state index contributed by atoms with van der Waals surface area (Å²) in [6, 6.07) is 4.59. The van der Waals surface area contributed by atoms with Gasteiger partial charge in [0.15, 0.2) is 0 Å². The van der Waals surface area contributed by atoms with Gasteiger partial charge in [-0.25, -0.2) is 0 Å². The van der Waals surface area contributed by atoms with Crippen LogP contribution in [0.1, 0.15) is 10.4 Å². The number of halogens is 3. The van der Waals surface area contributed by atoms with Gasteiger partial charge in [0.1, 0.15) is 0 Å². The molecular weight excluding hydrogens is 183 g/mol. The molecule has 0 amide bonds. The van der Waals surface area contributed by atoms with Crippen molar-refractivity contribution in [2.24, 2.45) is 0 Å². The standard InChI is InChI=1S/C8H6F3NO/c9-8(10,11)7(13)5-1-3-6(12)4-2-5/h1-4H,12H2. The minimum atomic E-state index is -4.82. The second kappa shape index (κ2) is 3.08. The Morgan fingerprint density at radius 3 is 2.00 bits per heavy atom. The lowest BCUT2D eigenvalue weighted by molar-refractivity contribution is -0.0885. The molecule has 0 spiro atoms. The Hall–Kier alpha value is -1.52. The quantitative estimate of drug-likeness (QED) is 0.542. The maximum absolute atomic E-state index is 11.9. The predicted octanol–water partition coefficient (Wildman–Crippen LogP) is 2.01. The third-order valence-corrected chi connectivity index (χ3v) is 1.43. The van der Waals surface area contributed by atoms with Crippen LogP contribution in [0, 0.1) is 0 Å². The fraction of sp³-hybridized carbons (Fsp3) is 0.125. The largest absolute Gasteiger partial charge is 0.454 e. The van der Waals surface area contributed by atoms with Gasteiger partial charge in [-0.1, -0.05) is 0 Å². The maximum Gasteiger partial charge on any atom is 0.454 e. The molecule has 0 saturated heterocycles. The summed E-state index contributed by atoms with van der Waals surface area (Å²) in [6.45, 7) is 0. The Bertz CT molecular complexity index is 315. The van der Waals surface area contributed by atoms with Crippen molar-refractivity contribution in [1.82, 2.24) is 0 Å². The number of nitrogens with two attached hydrogens (primary N) is 1. The molecule has 0 aliphatic heterocycles. The minimum absolute atomic E-state index is 0.318. The molecule has 0 saturated carbocycles. The number of rotatable bonds is 1. The van der Waals surface area contributed by atoms with Crippen LogP contribution in [0.15, 0.2) is 24.3 Å². The molecule has 13 heavy (non-hydrogen) atoms. The van der Waals surface area contributed by atoms with Gasteiger partial charge in [0.05, 0.1) is 0 Å². The van der Waals surface area contributed by atoms with Crippen molar-refractivity contribution in [3.05, 3.63) is 29.8 Å². The lowest BCUT2D eigenvalue weighted by atomic mass is 10.1. The van der Waals surface area contributed by atoms with E-state index in [2.05, 4.69) is 0 Å². The average Bonchev–Trinajstić information content (AvgIpc) is 2.03. The highest BCUT2D eigenvalue weighted by Crippen LogP contribution is 2.21. The summed E-state index contributed by atoms with van der Waals surface area (Å²) in [5, 5.41) is 0. The number of hydrogen-bond acceptors (Lipinski definition) is 2. The van der Waals surface area contributed by atoms with Gasteiger partial charge in [0.25, 0.3) is 5.78 Å². The molecule has 1 rings (SSSR count). The number of hydrogen-bond donors (Lipinski definition) is 1. The maximum atomic E-state index is 11.9. The summed E-state index contributed by atoms with van der Waals surface area (Å²) >= 11 is 0. The van der Waals surface area contributed by atoms with Crippen molar-refractivity contribution >= 4 is 11.5 Å². The van der Waals surface area contributed by atoms with Gasteiger partial charge in [-0.2, -0.15) is 13.2 Å². The summed E-state index contributed by atoms with van der Waals surface area (Å²) in [5.41, 5.74) is 5.16. The molecule has 0 aliphatic rings. The van der Waals surface area contributed by atoms with Crippen LogP contribution in [0.5, 0.6) is 0 Å². The van der Waals surface area contributed by atoms with E-state index in [1.54, 1.807) is 0 Å². The molecule has 1 aromatic carbocycles. The molecule has 0 bridgehead atoms. The molecule has 0 heterocycles. The highest BCUT2D eigenvalue weighted by atomic mass is 19.4. The lowest BCUT2D eigenvalue weighted by Crippen LogP contribution is -2.22. The van der Waals surface area contributed by atoms with E-state index in [-0.39, 0.29) is 0 Å². The third kappa shape index (κ3) is 2.21. The van der Waals surface area contributed by atoms with Crippen molar-refractivity contribution in [2.75, 3.05) is 5.73 Å². The molecule has 0 fully saturated rings. The number of nitrogen functional groups attached to an aromatic ring is 1. The summed E-state index contributed by atoms with van der Waals surface area (Å²) < 4.78 is 35.6. The van der Waals surface area contributed by atoms with Gasteiger partial charge in [-0.3, -0.25) is 4.79 Å². The Labute approximate surface area is 72.2 Å². The van der Waals surface area contributed by atoms with Crippen molar-refractivity contribution in [3.8, 4) is 0 Å². The van der Waals surface area contributed by atoms with E-state index in [1.165, 1.54) is 12.1 Å². The molecule has 0 unspecified atom stereocenters. The molecule has 0 aliphatic carbocycles. The summed E-state index contributed by atoms with van der Waals surface area (Å²) in [5.74, 6) is -1.85. The highest BCUT2D eigenvalue weighted by molar-refractivity contribution is 6.00. The molecule has 5 heteroatoms. The minimum Gasteiger partial charge on any atom is -0.399 e. The van der Waals surface area contributed by atoms with Crippen molar-refractivity contribution in [3.63, 3.8) is 0 Å². The topological polar surface area (TPSA) is 43.1 Å². The third-order valence-electron chi connectivity index (χ3n) is 1.43. The zero-order chi connectivity index (χ0) is 10.1. The first-order valence-electron chi connectivity index (χ1n) is 3.38. The molecule has 70 valence electrons. The van der Waals surface area contributed by atoms with E-state index < -0.39 is 17.5 Å². The molecule has 0 radical (unpaired) electrons. The van der Waals surface area contributed by atoms with Crippen LogP contribution in [0.2, 0.25) is 0 Å². The summed E-state index contributed by atoms with van der Waals surface area (Å²) in [6.07, 6.45) is -4.82. The van der Waals surface area contributed by atoms with E-state index in [0.717, 1.165) is 12.1 Å². The molecular formula is C8H6F3NO. The van der Waals surface area contributed by atoms with E-state index in [0.29, 0.717) is 5.69 Å². The molecule has 2 nitrogen and oxygen atoms in total. The molecule has 1 aromatic rings. The van der Waals surface area contributed by atoms with Crippen LogP contribution >= 0.6 is 0 Å². The first-order valence-corrected chi connectivity index (χ1v) is 3.38. The SMILES string of the molecule is Nc1ccc(C(=O)C(F)(F)F)cc1. The zero-order valence-electron chi connectivity index (χ0n) is 6.43. The van der Waals surface area contributed by atoms with Gasteiger partial charge in [0.2, 0.25) is 0 Å². The highest BCUT2D eigenvalue weighted by Gasteiger charge is 2.38. The van der Waals surface area contributed by atoms with Gasteiger partial charge in [-0.05, 0) is 24.3 Å². The second-order valence-electron chi connectivity index (χ2n) is 2.45. The van der Waals surface area contributed by atoms with E-state index in [4.69, 9.17) is 5.73 Å². The smallest absolute Gasteiger partial charge is 0.399 e. The number of anilines is 1. The fourth-order valence-electron chi connectivity index (χ4n) is 0.798. The number of carbonyl (C=O) groups excluding carboxylic acids is 1. The Balaban J connectivity index is 2.97. The number of ketones is 1. The van der Waals surface area contributed by atoms with Crippen LogP contribution in [-0.4, -0.2) is 12.0 Å². The van der Waals surface area contributed by atoms with Gasteiger partial charge in [-0.15, -0.1) is 0 Å². The number of carbonyl (C=O) groups is 1. The second-order valence-corrected chi connectivity index (χ2v) is 2.45. The fourth-order valence-corrected chi connectivity index (χ4v) is 0.798. The molecule has 2 N–H and O–H groups in total. The normalized spacial score (nSPS) is 11.3. The van der Waals surface area contributed by atoms with E-state index >= 15 is 0 Å². The lowest BCUT2D eigenvalue weighted by Gasteiger charge is -2.04. The van der Waals surface area contributed by atoms with Gasteiger partial charge < -0.3 is 5.73 Å². The first-order chi connectivity index (χ1) is 5.91. The van der Waals surface area contributed by atoms with Crippen LogP contribution in [0.4, 0.5) is 18.9 Å². The first kappa shape index (κ1) is 9.57. The number of benzene rings is 1. The van der Waals surface area contributed by atoms with Crippen LogP contribution in [0.3, 0.4) is 0 Å². The van der Waals surface area contributed by atoms with Crippen LogP contribution in [-0.2, 0) is 0 Å². The van der Waals surface area contributed by atoms with Crippen molar-refractivity contribution in [1.29, 1.82) is 0 Å². The Morgan fingerprint density at radius 1 is 1.15 bits per heavy atom. The van der Waals surface area contributed by atoms with E-state index in [1.807, 2.05) is 0 Å². The summed E-state index contributed by atoms with van der Waals surface area (Å²) in [4.78, 5) is 10.6. The average molecular weight is 189 g/mol. The number of Topliss-reactive ketones (excluding diaryl/α,β-unsaturated/α-hetero) is 1. The molecule has 0 atom stereocenters. The van der Waals surface area contributed by atoms with Crippen LogP contribution < -0.4 is 5.73 Å². The van der Waals surface area contributed by atoms with Crippen molar-refractivity contribution < 1.29 is 18.0 Å². The van der Waals surface area contributed by atoms with Crippen LogP contribution in [0.25, 0.3) is 0 Å². The molecule has 0 aromatic heterocycles. The van der Waals surface area contributed by atoms with Gasteiger partial charge in [0, 0.05) is 11.3 Å². The van der Waals surface area contributed by atoms with Gasteiger partial charge >= 0.3 is 6.18 Å². The number of alkyl halides is 3. The predicted molar refractivity (Wildman–Crippen MR) is 41.2 cm³/mol. The summed E-state index contributed by atoms with van der Waals surface area (Å²) in [7, 11) is 0. The monoisotopic (exact) mass is 189 g/mol. The van der Waals surface area contributed by atoms with Crippen molar-refractivity contribution in [2.45, 2.75) is 6.18 Å².